The normalized spacial score (nSPS) is 14.9. The van der Waals surface area contributed by atoms with Gasteiger partial charge in [0.25, 0.3) is 0 Å². The second kappa shape index (κ2) is 7.59. The number of nitrogens with one attached hydrogen (secondary N) is 1. The summed E-state index contributed by atoms with van der Waals surface area (Å²) >= 11 is 0. The van der Waals surface area contributed by atoms with Gasteiger partial charge in [0, 0.05) is 13.1 Å². The summed E-state index contributed by atoms with van der Waals surface area (Å²) in [5.74, 6) is 1.04. The highest BCUT2D eigenvalue weighted by molar-refractivity contribution is 4.98. The summed E-state index contributed by atoms with van der Waals surface area (Å²) < 4.78 is 5.39. The van der Waals surface area contributed by atoms with E-state index in [0.717, 1.165) is 31.9 Å². The van der Waals surface area contributed by atoms with Crippen LogP contribution in [-0.4, -0.2) is 31.6 Å². The largest absolute Gasteiger partial charge is 0.468 e. The zero-order valence-electron chi connectivity index (χ0n) is 12.3. The molecule has 3 nitrogen and oxygen atoms in total. The van der Waals surface area contributed by atoms with Gasteiger partial charge < -0.3 is 9.73 Å². The minimum Gasteiger partial charge on any atom is -0.468 e. The topological polar surface area (TPSA) is 28.4 Å². The minimum atomic E-state index is 0.330. The molecule has 1 unspecified atom stereocenters. The van der Waals surface area contributed by atoms with Crippen molar-refractivity contribution in [3.05, 3.63) is 24.2 Å². The molecule has 0 saturated carbocycles. The van der Waals surface area contributed by atoms with Crippen molar-refractivity contribution in [2.45, 2.75) is 40.2 Å². The lowest BCUT2D eigenvalue weighted by Crippen LogP contribution is -2.40. The van der Waals surface area contributed by atoms with Crippen molar-refractivity contribution >= 4 is 0 Å². The van der Waals surface area contributed by atoms with Crippen LogP contribution in [0.1, 0.15) is 39.4 Å². The molecule has 0 fully saturated rings. The SMILES string of the molecule is CCCNCC(C)(CC)CN(C)Cc1ccco1. The zero-order valence-corrected chi connectivity index (χ0v) is 12.3. The highest BCUT2D eigenvalue weighted by Crippen LogP contribution is 2.22. The summed E-state index contributed by atoms with van der Waals surface area (Å²) in [5, 5.41) is 3.54. The molecule has 3 heteroatoms. The molecule has 0 saturated heterocycles. The third-order valence-electron chi connectivity index (χ3n) is 3.49. The quantitative estimate of drug-likeness (QED) is 0.684. The summed E-state index contributed by atoms with van der Waals surface area (Å²) in [6.07, 6.45) is 4.12. The Bertz CT molecular complexity index is 310. The van der Waals surface area contributed by atoms with Gasteiger partial charge in [-0.3, -0.25) is 4.90 Å². The predicted octanol–water partition coefficient (Wildman–Crippen LogP) is 3.13. The van der Waals surface area contributed by atoms with E-state index in [-0.39, 0.29) is 0 Å². The first-order chi connectivity index (χ1) is 8.59. The molecule has 0 radical (unpaired) electrons. The number of rotatable bonds is 9. The van der Waals surface area contributed by atoms with Crippen LogP contribution >= 0.6 is 0 Å². The maximum atomic E-state index is 5.39. The van der Waals surface area contributed by atoms with E-state index in [9.17, 15) is 0 Å². The minimum absolute atomic E-state index is 0.330. The average molecular weight is 252 g/mol. The van der Waals surface area contributed by atoms with Gasteiger partial charge in [-0.25, -0.2) is 0 Å². The van der Waals surface area contributed by atoms with Crippen LogP contribution < -0.4 is 5.32 Å². The van der Waals surface area contributed by atoms with E-state index in [2.05, 4.69) is 38.0 Å². The van der Waals surface area contributed by atoms with E-state index in [1.807, 2.05) is 12.1 Å². The Morgan fingerprint density at radius 1 is 1.39 bits per heavy atom. The highest BCUT2D eigenvalue weighted by atomic mass is 16.3. The fourth-order valence-electron chi connectivity index (χ4n) is 2.24. The molecule has 0 amide bonds. The summed E-state index contributed by atoms with van der Waals surface area (Å²) in [6.45, 7) is 11.0. The van der Waals surface area contributed by atoms with E-state index in [1.165, 1.54) is 12.8 Å². The Labute approximate surface area is 112 Å². The molecule has 0 aliphatic heterocycles. The highest BCUT2D eigenvalue weighted by Gasteiger charge is 2.23. The van der Waals surface area contributed by atoms with Crippen molar-refractivity contribution in [2.75, 3.05) is 26.7 Å². The Hall–Kier alpha value is -0.800. The van der Waals surface area contributed by atoms with Crippen molar-refractivity contribution in [3.63, 3.8) is 0 Å². The first-order valence-electron chi connectivity index (χ1n) is 7.01. The molecule has 104 valence electrons. The number of hydrogen-bond donors (Lipinski definition) is 1. The van der Waals surface area contributed by atoms with Gasteiger partial charge in [0.05, 0.1) is 12.8 Å². The van der Waals surface area contributed by atoms with Crippen LogP contribution in [0, 0.1) is 5.41 Å². The Kier molecular flexibility index (Phi) is 6.44. The smallest absolute Gasteiger partial charge is 0.117 e. The first kappa shape index (κ1) is 15.3. The van der Waals surface area contributed by atoms with E-state index in [1.54, 1.807) is 6.26 Å². The van der Waals surface area contributed by atoms with Crippen LogP contribution in [-0.2, 0) is 6.54 Å². The third kappa shape index (κ3) is 5.23. The first-order valence-corrected chi connectivity index (χ1v) is 7.01. The molecule has 1 atom stereocenters. The zero-order chi connectivity index (χ0) is 13.4. The lowest BCUT2D eigenvalue weighted by molar-refractivity contribution is 0.167. The van der Waals surface area contributed by atoms with Crippen molar-refractivity contribution in [1.82, 2.24) is 10.2 Å². The van der Waals surface area contributed by atoms with Gasteiger partial charge in [0.15, 0.2) is 0 Å². The summed E-state index contributed by atoms with van der Waals surface area (Å²) in [5.41, 5.74) is 0.330. The fourth-order valence-corrected chi connectivity index (χ4v) is 2.24. The predicted molar refractivity (Wildman–Crippen MR) is 76.6 cm³/mol. The molecular formula is C15H28N2O. The Balaban J connectivity index is 2.40. The Morgan fingerprint density at radius 3 is 2.72 bits per heavy atom. The van der Waals surface area contributed by atoms with Crippen molar-refractivity contribution < 1.29 is 4.42 Å². The van der Waals surface area contributed by atoms with Crippen molar-refractivity contribution in [3.8, 4) is 0 Å². The van der Waals surface area contributed by atoms with Crippen LogP contribution in [0.5, 0.6) is 0 Å². The van der Waals surface area contributed by atoms with Crippen LogP contribution in [0.2, 0.25) is 0 Å². The average Bonchev–Trinajstić information content (AvgIpc) is 2.82. The van der Waals surface area contributed by atoms with E-state index >= 15 is 0 Å². The number of furan rings is 1. The molecule has 0 aromatic carbocycles. The summed E-state index contributed by atoms with van der Waals surface area (Å²) in [7, 11) is 2.16. The van der Waals surface area contributed by atoms with Gasteiger partial charge >= 0.3 is 0 Å². The van der Waals surface area contributed by atoms with Crippen molar-refractivity contribution in [2.24, 2.45) is 5.41 Å². The molecule has 0 spiro atoms. The molecule has 0 aliphatic carbocycles. The van der Waals surface area contributed by atoms with Gasteiger partial charge in [-0.05, 0) is 44.0 Å². The monoisotopic (exact) mass is 252 g/mol. The van der Waals surface area contributed by atoms with Gasteiger partial charge in [-0.1, -0.05) is 20.8 Å². The van der Waals surface area contributed by atoms with Gasteiger partial charge in [-0.15, -0.1) is 0 Å². The molecule has 1 N–H and O–H groups in total. The maximum absolute atomic E-state index is 5.39. The second-order valence-electron chi connectivity index (χ2n) is 5.59. The van der Waals surface area contributed by atoms with Crippen LogP contribution in [0.15, 0.2) is 22.8 Å². The van der Waals surface area contributed by atoms with Gasteiger partial charge in [0.2, 0.25) is 0 Å². The molecule has 0 aliphatic rings. The standard InChI is InChI=1S/C15H28N2O/c1-5-9-16-12-15(3,6-2)13-17(4)11-14-8-7-10-18-14/h7-8,10,16H,5-6,9,11-13H2,1-4H3. The van der Waals surface area contributed by atoms with E-state index in [4.69, 9.17) is 4.42 Å². The fraction of sp³-hybridized carbons (Fsp3) is 0.733. The molecule has 1 aromatic rings. The summed E-state index contributed by atoms with van der Waals surface area (Å²) in [4.78, 5) is 2.34. The summed E-state index contributed by atoms with van der Waals surface area (Å²) in [6, 6.07) is 3.99. The van der Waals surface area contributed by atoms with E-state index in [0.29, 0.717) is 5.41 Å². The van der Waals surface area contributed by atoms with Crippen LogP contribution in [0.25, 0.3) is 0 Å². The molecule has 1 aromatic heterocycles. The lowest BCUT2D eigenvalue weighted by atomic mass is 9.86. The van der Waals surface area contributed by atoms with Crippen LogP contribution in [0.4, 0.5) is 0 Å². The molecule has 1 heterocycles. The van der Waals surface area contributed by atoms with Crippen LogP contribution in [0.3, 0.4) is 0 Å². The third-order valence-corrected chi connectivity index (χ3v) is 3.49. The van der Waals surface area contributed by atoms with E-state index < -0.39 is 0 Å². The number of nitrogens with zero attached hydrogens (tertiary/aromatic N) is 1. The van der Waals surface area contributed by atoms with Gasteiger partial charge in [0.1, 0.15) is 5.76 Å². The number of hydrogen-bond acceptors (Lipinski definition) is 3. The second-order valence-corrected chi connectivity index (χ2v) is 5.59. The van der Waals surface area contributed by atoms with Crippen molar-refractivity contribution in [1.29, 1.82) is 0 Å². The molecule has 0 bridgehead atoms. The molecular weight excluding hydrogens is 224 g/mol. The molecule has 1 rings (SSSR count). The lowest BCUT2D eigenvalue weighted by Gasteiger charge is -2.33. The van der Waals surface area contributed by atoms with Gasteiger partial charge in [-0.2, -0.15) is 0 Å². The molecule has 18 heavy (non-hydrogen) atoms. The Morgan fingerprint density at radius 2 is 2.17 bits per heavy atom. The maximum Gasteiger partial charge on any atom is 0.117 e.